The van der Waals surface area contributed by atoms with E-state index in [1.807, 2.05) is 24.3 Å². The third-order valence-electron chi connectivity index (χ3n) is 2.43. The Balaban J connectivity index is 2.08. The molecule has 0 spiro atoms. The van der Waals surface area contributed by atoms with Crippen molar-refractivity contribution in [2.24, 2.45) is 0 Å². The lowest BCUT2D eigenvalue weighted by atomic mass is 10.3. The van der Waals surface area contributed by atoms with Gasteiger partial charge in [0.2, 0.25) is 0 Å². The molecule has 0 amide bonds. The van der Waals surface area contributed by atoms with Gasteiger partial charge < -0.3 is 16.2 Å². The smallest absolute Gasteiger partial charge is 0.134 e. The second-order valence-electron chi connectivity index (χ2n) is 3.79. The van der Waals surface area contributed by atoms with E-state index in [4.69, 9.17) is 16.2 Å². The fraction of sp³-hybridized carbons (Fsp3) is 0.154. The van der Waals surface area contributed by atoms with Gasteiger partial charge in [-0.1, -0.05) is 6.07 Å². The molecule has 0 aliphatic heterocycles. The molecular weight excluding hydrogens is 246 g/mol. The van der Waals surface area contributed by atoms with Crippen molar-refractivity contribution in [2.45, 2.75) is 10.6 Å². The van der Waals surface area contributed by atoms with Crippen LogP contribution in [0.1, 0.15) is 5.56 Å². The van der Waals surface area contributed by atoms with Crippen LogP contribution in [0.25, 0.3) is 0 Å². The zero-order valence-electron chi connectivity index (χ0n) is 10.1. The molecule has 18 heavy (non-hydrogen) atoms. The van der Waals surface area contributed by atoms with Gasteiger partial charge in [0.1, 0.15) is 11.6 Å². The van der Waals surface area contributed by atoms with E-state index in [1.54, 1.807) is 31.1 Å². The summed E-state index contributed by atoms with van der Waals surface area (Å²) >= 11 is 1.68. The van der Waals surface area contributed by atoms with Gasteiger partial charge in [-0.25, -0.2) is 4.98 Å². The molecule has 2 rings (SSSR count). The summed E-state index contributed by atoms with van der Waals surface area (Å²) in [6, 6.07) is 9.43. The second-order valence-corrected chi connectivity index (χ2v) is 4.81. The summed E-state index contributed by atoms with van der Waals surface area (Å²) in [5.74, 6) is 2.14. The first-order valence-corrected chi connectivity index (χ1v) is 6.44. The molecule has 0 aliphatic carbocycles. The van der Waals surface area contributed by atoms with Crippen LogP contribution >= 0.6 is 11.8 Å². The van der Waals surface area contributed by atoms with Crippen LogP contribution < -0.4 is 16.2 Å². The lowest BCUT2D eigenvalue weighted by Crippen LogP contribution is -1.92. The maximum atomic E-state index is 5.71. The topological polar surface area (TPSA) is 74.2 Å². The number of benzene rings is 1. The molecule has 0 saturated carbocycles. The van der Waals surface area contributed by atoms with Gasteiger partial charge in [0, 0.05) is 28.6 Å². The summed E-state index contributed by atoms with van der Waals surface area (Å²) in [6.07, 6.45) is 1.78. The largest absolute Gasteiger partial charge is 0.496 e. The molecule has 2 aromatic rings. The zero-order chi connectivity index (χ0) is 13.0. The number of nitrogens with two attached hydrogens (primary N) is 2. The minimum Gasteiger partial charge on any atom is -0.496 e. The van der Waals surface area contributed by atoms with E-state index in [2.05, 4.69) is 4.98 Å². The number of nitrogens with zero attached hydrogens (tertiary/aromatic N) is 1. The van der Waals surface area contributed by atoms with Gasteiger partial charge in [-0.05, 0) is 23.8 Å². The van der Waals surface area contributed by atoms with Crippen LogP contribution in [-0.4, -0.2) is 12.1 Å². The van der Waals surface area contributed by atoms with Gasteiger partial charge in [-0.3, -0.25) is 0 Å². The van der Waals surface area contributed by atoms with E-state index in [0.717, 1.165) is 22.0 Å². The number of hydrogen-bond acceptors (Lipinski definition) is 5. The highest BCUT2D eigenvalue weighted by molar-refractivity contribution is 7.98. The quantitative estimate of drug-likeness (QED) is 0.653. The predicted molar refractivity (Wildman–Crippen MR) is 75.6 cm³/mol. The molecule has 0 fully saturated rings. The molecule has 0 atom stereocenters. The number of pyridine rings is 1. The van der Waals surface area contributed by atoms with Crippen molar-refractivity contribution in [3.63, 3.8) is 0 Å². The average Bonchev–Trinajstić information content (AvgIpc) is 2.39. The van der Waals surface area contributed by atoms with Crippen molar-refractivity contribution in [3.05, 3.63) is 42.1 Å². The third kappa shape index (κ3) is 3.07. The SMILES string of the molecule is COc1cc(N)ccc1SCc1ccc(N)nc1. The Kier molecular flexibility index (Phi) is 3.94. The van der Waals surface area contributed by atoms with E-state index in [-0.39, 0.29) is 0 Å². The molecule has 0 unspecified atom stereocenters. The van der Waals surface area contributed by atoms with Gasteiger partial charge in [-0.15, -0.1) is 11.8 Å². The molecule has 4 nitrogen and oxygen atoms in total. The van der Waals surface area contributed by atoms with Crippen LogP contribution in [0.2, 0.25) is 0 Å². The number of thioether (sulfide) groups is 1. The monoisotopic (exact) mass is 261 g/mol. The first-order valence-electron chi connectivity index (χ1n) is 5.46. The van der Waals surface area contributed by atoms with Crippen LogP contribution in [0.3, 0.4) is 0 Å². The summed E-state index contributed by atoms with van der Waals surface area (Å²) in [7, 11) is 1.64. The van der Waals surface area contributed by atoms with Crippen molar-refractivity contribution >= 4 is 23.3 Å². The lowest BCUT2D eigenvalue weighted by molar-refractivity contribution is 0.405. The molecule has 0 aliphatic rings. The number of hydrogen-bond donors (Lipinski definition) is 2. The van der Waals surface area contributed by atoms with Gasteiger partial charge in [0.05, 0.1) is 7.11 Å². The summed E-state index contributed by atoms with van der Waals surface area (Å²) in [5, 5.41) is 0. The van der Waals surface area contributed by atoms with Crippen LogP contribution in [0, 0.1) is 0 Å². The second kappa shape index (κ2) is 5.64. The Labute approximate surface area is 110 Å². The average molecular weight is 261 g/mol. The maximum Gasteiger partial charge on any atom is 0.134 e. The van der Waals surface area contributed by atoms with Gasteiger partial charge in [0.15, 0.2) is 0 Å². The highest BCUT2D eigenvalue weighted by Gasteiger charge is 2.04. The lowest BCUT2D eigenvalue weighted by Gasteiger charge is -2.08. The van der Waals surface area contributed by atoms with E-state index < -0.39 is 0 Å². The van der Waals surface area contributed by atoms with E-state index in [1.165, 1.54) is 0 Å². The Morgan fingerprint density at radius 1 is 1.22 bits per heavy atom. The summed E-state index contributed by atoms with van der Waals surface area (Å²) < 4.78 is 5.30. The minimum atomic E-state index is 0.536. The molecule has 0 saturated heterocycles. The number of nitrogen functional groups attached to an aromatic ring is 2. The summed E-state index contributed by atoms with van der Waals surface area (Å²) in [5.41, 5.74) is 13.1. The van der Waals surface area contributed by atoms with Crippen LogP contribution in [0.4, 0.5) is 11.5 Å². The molecule has 1 heterocycles. The van der Waals surface area contributed by atoms with Gasteiger partial charge in [0.25, 0.3) is 0 Å². The summed E-state index contributed by atoms with van der Waals surface area (Å²) in [6.45, 7) is 0. The highest BCUT2D eigenvalue weighted by Crippen LogP contribution is 2.32. The molecule has 5 heteroatoms. The minimum absolute atomic E-state index is 0.536. The Bertz CT molecular complexity index is 528. The number of aromatic nitrogens is 1. The fourth-order valence-electron chi connectivity index (χ4n) is 1.49. The third-order valence-corrected chi connectivity index (χ3v) is 3.56. The van der Waals surface area contributed by atoms with E-state index in [9.17, 15) is 0 Å². The number of methoxy groups -OCH3 is 1. The van der Waals surface area contributed by atoms with Crippen LogP contribution in [0.5, 0.6) is 5.75 Å². The number of ether oxygens (including phenoxy) is 1. The Morgan fingerprint density at radius 3 is 2.72 bits per heavy atom. The molecule has 4 N–H and O–H groups in total. The molecular formula is C13H15N3OS. The first-order chi connectivity index (χ1) is 8.69. The molecule has 0 radical (unpaired) electrons. The molecule has 0 bridgehead atoms. The van der Waals surface area contributed by atoms with E-state index in [0.29, 0.717) is 11.5 Å². The van der Waals surface area contributed by atoms with Gasteiger partial charge >= 0.3 is 0 Å². The van der Waals surface area contributed by atoms with E-state index >= 15 is 0 Å². The zero-order valence-corrected chi connectivity index (χ0v) is 10.9. The van der Waals surface area contributed by atoms with Crippen molar-refractivity contribution in [1.29, 1.82) is 0 Å². The maximum absolute atomic E-state index is 5.71. The van der Waals surface area contributed by atoms with Crippen LogP contribution in [0.15, 0.2) is 41.4 Å². The summed E-state index contributed by atoms with van der Waals surface area (Å²) in [4.78, 5) is 5.12. The molecule has 1 aromatic carbocycles. The van der Waals surface area contributed by atoms with Crippen molar-refractivity contribution in [2.75, 3.05) is 18.6 Å². The Hall–Kier alpha value is -1.88. The van der Waals surface area contributed by atoms with Crippen LogP contribution in [-0.2, 0) is 5.75 Å². The normalized spacial score (nSPS) is 10.3. The first kappa shape index (κ1) is 12.6. The van der Waals surface area contributed by atoms with Crippen molar-refractivity contribution < 1.29 is 4.74 Å². The number of rotatable bonds is 4. The Morgan fingerprint density at radius 2 is 2.06 bits per heavy atom. The predicted octanol–water partition coefficient (Wildman–Crippen LogP) is 2.55. The fourth-order valence-corrected chi connectivity index (χ4v) is 2.43. The van der Waals surface area contributed by atoms with Gasteiger partial charge in [-0.2, -0.15) is 0 Å². The van der Waals surface area contributed by atoms with Crippen molar-refractivity contribution in [3.8, 4) is 5.75 Å². The highest BCUT2D eigenvalue weighted by atomic mass is 32.2. The standard InChI is InChI=1S/C13H15N3OS/c1-17-11-6-10(14)3-4-12(11)18-8-9-2-5-13(15)16-7-9/h2-7H,8,14H2,1H3,(H2,15,16). The van der Waals surface area contributed by atoms with Crippen molar-refractivity contribution in [1.82, 2.24) is 4.98 Å². The molecule has 94 valence electrons. The molecule has 1 aromatic heterocycles. The number of anilines is 2.